The first-order chi connectivity index (χ1) is 6.56. The SMILES string of the molecule is CCC(C(=O)O)c1ncc(C(C)C)[nH]1. The van der Waals surface area contributed by atoms with E-state index in [4.69, 9.17) is 5.11 Å². The van der Waals surface area contributed by atoms with Crippen molar-refractivity contribution in [1.29, 1.82) is 0 Å². The number of nitrogens with one attached hydrogen (secondary N) is 1. The molecule has 1 aromatic heterocycles. The summed E-state index contributed by atoms with van der Waals surface area (Å²) in [6.45, 7) is 5.92. The molecule has 4 nitrogen and oxygen atoms in total. The highest BCUT2D eigenvalue weighted by Crippen LogP contribution is 2.19. The Morgan fingerprint density at radius 3 is 2.64 bits per heavy atom. The van der Waals surface area contributed by atoms with Crippen LogP contribution in [0.1, 0.15) is 50.5 Å². The van der Waals surface area contributed by atoms with Crippen molar-refractivity contribution in [3.05, 3.63) is 17.7 Å². The van der Waals surface area contributed by atoms with Crippen LogP contribution in [0.5, 0.6) is 0 Å². The molecule has 0 radical (unpaired) electrons. The molecule has 0 aliphatic heterocycles. The zero-order valence-electron chi connectivity index (χ0n) is 8.74. The number of aliphatic carboxylic acids is 1. The highest BCUT2D eigenvalue weighted by molar-refractivity contribution is 5.74. The van der Waals surface area contributed by atoms with Crippen LogP contribution in [-0.4, -0.2) is 21.0 Å². The van der Waals surface area contributed by atoms with Gasteiger partial charge in [-0.2, -0.15) is 0 Å². The minimum atomic E-state index is -0.822. The molecular formula is C10H16N2O2. The van der Waals surface area contributed by atoms with Crippen LogP contribution in [0.4, 0.5) is 0 Å². The van der Waals surface area contributed by atoms with E-state index in [-0.39, 0.29) is 0 Å². The Morgan fingerprint density at radius 1 is 1.64 bits per heavy atom. The summed E-state index contributed by atoms with van der Waals surface area (Å²) in [6, 6.07) is 0. The van der Waals surface area contributed by atoms with Crippen molar-refractivity contribution in [3.8, 4) is 0 Å². The van der Waals surface area contributed by atoms with Crippen LogP contribution in [0.15, 0.2) is 6.20 Å². The molecule has 78 valence electrons. The summed E-state index contributed by atoms with van der Waals surface area (Å²) in [6.07, 6.45) is 2.27. The molecular weight excluding hydrogens is 180 g/mol. The lowest BCUT2D eigenvalue weighted by molar-refractivity contribution is -0.139. The van der Waals surface area contributed by atoms with E-state index < -0.39 is 11.9 Å². The van der Waals surface area contributed by atoms with E-state index in [2.05, 4.69) is 9.97 Å². The van der Waals surface area contributed by atoms with Crippen molar-refractivity contribution in [1.82, 2.24) is 9.97 Å². The van der Waals surface area contributed by atoms with E-state index >= 15 is 0 Å². The van der Waals surface area contributed by atoms with Gasteiger partial charge in [-0.3, -0.25) is 4.79 Å². The number of carboxylic acids is 1. The summed E-state index contributed by atoms with van der Waals surface area (Å²) >= 11 is 0. The molecule has 1 rings (SSSR count). The molecule has 1 aromatic rings. The van der Waals surface area contributed by atoms with Gasteiger partial charge in [-0.1, -0.05) is 20.8 Å². The molecule has 0 spiro atoms. The molecule has 0 fully saturated rings. The van der Waals surface area contributed by atoms with Gasteiger partial charge in [0.2, 0.25) is 0 Å². The minimum Gasteiger partial charge on any atom is -0.481 e. The first-order valence-corrected chi connectivity index (χ1v) is 4.83. The van der Waals surface area contributed by atoms with E-state index in [1.807, 2.05) is 20.8 Å². The van der Waals surface area contributed by atoms with E-state index in [0.29, 0.717) is 18.2 Å². The fourth-order valence-electron chi connectivity index (χ4n) is 1.31. The predicted octanol–water partition coefficient (Wildman–Crippen LogP) is 2.11. The molecule has 1 heterocycles. The van der Waals surface area contributed by atoms with Gasteiger partial charge in [0, 0.05) is 11.9 Å². The van der Waals surface area contributed by atoms with E-state index in [1.54, 1.807) is 6.20 Å². The molecule has 4 heteroatoms. The van der Waals surface area contributed by atoms with Crippen molar-refractivity contribution >= 4 is 5.97 Å². The Bertz CT molecular complexity index is 318. The molecule has 0 saturated carbocycles. The molecule has 0 aliphatic carbocycles. The Kier molecular flexibility index (Phi) is 3.28. The van der Waals surface area contributed by atoms with Gasteiger partial charge < -0.3 is 10.1 Å². The van der Waals surface area contributed by atoms with Crippen molar-refractivity contribution in [3.63, 3.8) is 0 Å². The molecule has 1 unspecified atom stereocenters. The quantitative estimate of drug-likeness (QED) is 0.775. The van der Waals surface area contributed by atoms with Gasteiger partial charge in [0.1, 0.15) is 11.7 Å². The first-order valence-electron chi connectivity index (χ1n) is 4.83. The molecule has 0 aliphatic rings. The number of rotatable bonds is 4. The van der Waals surface area contributed by atoms with Crippen LogP contribution in [0, 0.1) is 0 Å². The number of hydrogen-bond donors (Lipinski definition) is 2. The zero-order valence-corrected chi connectivity index (χ0v) is 8.74. The summed E-state index contributed by atoms with van der Waals surface area (Å²) in [4.78, 5) is 18.0. The molecule has 1 atom stereocenters. The Morgan fingerprint density at radius 2 is 2.29 bits per heavy atom. The fourth-order valence-corrected chi connectivity index (χ4v) is 1.31. The van der Waals surface area contributed by atoms with Crippen molar-refractivity contribution < 1.29 is 9.90 Å². The second-order valence-electron chi connectivity index (χ2n) is 3.68. The Balaban J connectivity index is 2.89. The smallest absolute Gasteiger partial charge is 0.314 e. The van der Waals surface area contributed by atoms with Crippen molar-refractivity contribution in [2.45, 2.75) is 39.0 Å². The van der Waals surface area contributed by atoms with Crippen LogP contribution in [0.2, 0.25) is 0 Å². The van der Waals surface area contributed by atoms with Crippen molar-refractivity contribution in [2.24, 2.45) is 0 Å². The molecule has 0 bridgehead atoms. The van der Waals surface area contributed by atoms with Crippen LogP contribution >= 0.6 is 0 Å². The third kappa shape index (κ3) is 2.13. The van der Waals surface area contributed by atoms with E-state index in [9.17, 15) is 4.79 Å². The topological polar surface area (TPSA) is 66.0 Å². The van der Waals surface area contributed by atoms with E-state index in [1.165, 1.54) is 0 Å². The minimum absolute atomic E-state index is 0.350. The average molecular weight is 196 g/mol. The predicted molar refractivity (Wildman–Crippen MR) is 53.3 cm³/mol. The van der Waals surface area contributed by atoms with Crippen LogP contribution < -0.4 is 0 Å². The lowest BCUT2D eigenvalue weighted by atomic mass is 10.1. The number of aromatic amines is 1. The van der Waals surface area contributed by atoms with Crippen LogP contribution in [-0.2, 0) is 4.79 Å². The van der Waals surface area contributed by atoms with Crippen LogP contribution in [0.3, 0.4) is 0 Å². The number of H-pyrrole nitrogens is 1. The summed E-state index contributed by atoms with van der Waals surface area (Å²) < 4.78 is 0. The average Bonchev–Trinajstić information content (AvgIpc) is 2.53. The standard InChI is InChI=1S/C10H16N2O2/c1-4-7(10(13)14)9-11-5-8(12-9)6(2)3/h5-7H,4H2,1-3H3,(H,11,12)(H,13,14). The lowest BCUT2D eigenvalue weighted by Crippen LogP contribution is -2.12. The number of carbonyl (C=O) groups is 1. The second-order valence-corrected chi connectivity index (χ2v) is 3.68. The molecule has 2 N–H and O–H groups in total. The molecule has 0 aromatic carbocycles. The van der Waals surface area contributed by atoms with Crippen LogP contribution in [0.25, 0.3) is 0 Å². The highest BCUT2D eigenvalue weighted by atomic mass is 16.4. The summed E-state index contributed by atoms with van der Waals surface area (Å²) in [5.74, 6) is -0.425. The van der Waals surface area contributed by atoms with Gasteiger partial charge in [0.15, 0.2) is 0 Å². The van der Waals surface area contributed by atoms with Gasteiger partial charge in [-0.05, 0) is 12.3 Å². The maximum absolute atomic E-state index is 10.9. The summed E-state index contributed by atoms with van der Waals surface area (Å²) in [7, 11) is 0. The lowest BCUT2D eigenvalue weighted by Gasteiger charge is -2.05. The van der Waals surface area contributed by atoms with Gasteiger partial charge >= 0.3 is 5.97 Å². The molecule has 0 amide bonds. The number of nitrogens with zero attached hydrogens (tertiary/aromatic N) is 1. The number of carboxylic acid groups (broad SMARTS) is 1. The fraction of sp³-hybridized carbons (Fsp3) is 0.600. The Labute approximate surface area is 83.4 Å². The summed E-state index contributed by atoms with van der Waals surface area (Å²) in [5, 5.41) is 8.91. The summed E-state index contributed by atoms with van der Waals surface area (Å²) in [5.41, 5.74) is 0.986. The van der Waals surface area contributed by atoms with Gasteiger partial charge in [0.05, 0.1) is 0 Å². The monoisotopic (exact) mass is 196 g/mol. The van der Waals surface area contributed by atoms with Crippen molar-refractivity contribution in [2.75, 3.05) is 0 Å². The van der Waals surface area contributed by atoms with E-state index in [0.717, 1.165) is 5.69 Å². The normalized spacial score (nSPS) is 13.1. The molecule has 0 saturated heterocycles. The number of aromatic nitrogens is 2. The Hall–Kier alpha value is -1.32. The van der Waals surface area contributed by atoms with Gasteiger partial charge in [-0.15, -0.1) is 0 Å². The number of hydrogen-bond acceptors (Lipinski definition) is 2. The maximum Gasteiger partial charge on any atom is 0.314 e. The van der Waals surface area contributed by atoms with Gasteiger partial charge in [-0.25, -0.2) is 4.98 Å². The largest absolute Gasteiger partial charge is 0.481 e. The van der Waals surface area contributed by atoms with Gasteiger partial charge in [0.25, 0.3) is 0 Å². The second kappa shape index (κ2) is 4.26. The first kappa shape index (κ1) is 10.8. The number of imidazole rings is 1. The zero-order chi connectivity index (χ0) is 10.7. The highest BCUT2D eigenvalue weighted by Gasteiger charge is 2.20. The third-order valence-electron chi connectivity index (χ3n) is 2.27. The third-order valence-corrected chi connectivity index (χ3v) is 2.27. The molecule has 14 heavy (non-hydrogen) atoms. The maximum atomic E-state index is 10.9.